The minimum absolute atomic E-state index is 0.00889. The van der Waals surface area contributed by atoms with Crippen molar-refractivity contribution in [1.29, 1.82) is 0 Å². The second-order valence-corrected chi connectivity index (χ2v) is 12.1. The molecule has 0 radical (unpaired) electrons. The van der Waals surface area contributed by atoms with Gasteiger partial charge in [-0.05, 0) is 35.4 Å². The summed E-state index contributed by atoms with van der Waals surface area (Å²) in [5.74, 6) is 0.615. The molecule has 0 heterocycles. The lowest BCUT2D eigenvalue weighted by atomic mass is 9.78. The number of benzene rings is 2. The van der Waals surface area contributed by atoms with Gasteiger partial charge in [0.1, 0.15) is 18.5 Å². The minimum atomic E-state index is -3.23. The van der Waals surface area contributed by atoms with Gasteiger partial charge in [-0.2, -0.15) is 0 Å². The average Bonchev–Trinajstić information content (AvgIpc) is 2.79. The Morgan fingerprint density at radius 3 is 2.11 bits per heavy atom. The molecule has 7 nitrogen and oxygen atoms in total. The molecule has 0 unspecified atom stereocenters. The van der Waals surface area contributed by atoms with Gasteiger partial charge in [0.05, 0.1) is 28.8 Å². The second-order valence-electron chi connectivity index (χ2n) is 9.15. The zero-order valence-electron chi connectivity index (χ0n) is 20.9. The molecule has 0 aliphatic heterocycles. The standard InChI is InChI=1S/C25H32Cl3NO6S/c1-16(13-29-36(5,31)32)14-33-20-8-6-18(7-9-20)25(3,4)19-10-22(27)24(23(28)11-19)34-15-21(12-26)35-17(2)30/h6-11,16,21,29H,12-15H2,1-5H3/t16-,21-/m0/s1. The van der Waals surface area contributed by atoms with Crippen LogP contribution in [0.2, 0.25) is 10.0 Å². The molecule has 0 amide bonds. The van der Waals surface area contributed by atoms with E-state index in [2.05, 4.69) is 18.6 Å². The summed E-state index contributed by atoms with van der Waals surface area (Å²) in [6.07, 6.45) is 0.511. The molecular weight excluding hydrogens is 549 g/mol. The van der Waals surface area contributed by atoms with Crippen molar-refractivity contribution in [2.75, 3.05) is 31.9 Å². The molecule has 0 saturated carbocycles. The summed E-state index contributed by atoms with van der Waals surface area (Å²) in [5.41, 5.74) is 1.46. The molecule has 200 valence electrons. The molecule has 0 spiro atoms. The quantitative estimate of drug-likeness (QED) is 0.251. The van der Waals surface area contributed by atoms with Crippen molar-refractivity contribution < 1.29 is 27.4 Å². The number of nitrogens with one attached hydrogen (secondary N) is 1. The van der Waals surface area contributed by atoms with Crippen LogP contribution in [0.25, 0.3) is 0 Å². The number of hydrogen-bond donors (Lipinski definition) is 1. The van der Waals surface area contributed by atoms with Crippen molar-refractivity contribution in [3.8, 4) is 11.5 Å². The van der Waals surface area contributed by atoms with Crippen molar-refractivity contribution in [3.05, 3.63) is 57.6 Å². The van der Waals surface area contributed by atoms with Crippen LogP contribution in [0.1, 0.15) is 38.8 Å². The Morgan fingerprint density at radius 2 is 1.61 bits per heavy atom. The molecule has 2 aromatic rings. The van der Waals surface area contributed by atoms with Gasteiger partial charge in [-0.1, -0.05) is 56.1 Å². The third-order valence-electron chi connectivity index (χ3n) is 5.44. The first kappa shape index (κ1) is 30.5. The van der Waals surface area contributed by atoms with Crippen molar-refractivity contribution in [3.63, 3.8) is 0 Å². The Labute approximate surface area is 228 Å². The van der Waals surface area contributed by atoms with Crippen LogP contribution in [-0.2, 0) is 25.0 Å². The summed E-state index contributed by atoms with van der Waals surface area (Å²) < 4.78 is 41.5. The van der Waals surface area contributed by atoms with Gasteiger partial charge in [-0.15, -0.1) is 11.6 Å². The van der Waals surface area contributed by atoms with E-state index in [-0.39, 0.29) is 18.4 Å². The normalized spacial score (nSPS) is 13.7. The van der Waals surface area contributed by atoms with E-state index >= 15 is 0 Å². The lowest BCUT2D eigenvalue weighted by Crippen LogP contribution is -2.29. The lowest BCUT2D eigenvalue weighted by Gasteiger charge is -2.27. The number of hydrogen-bond acceptors (Lipinski definition) is 6. The number of carbonyl (C=O) groups is 1. The Morgan fingerprint density at radius 1 is 1.03 bits per heavy atom. The fourth-order valence-corrected chi connectivity index (χ4v) is 4.64. The predicted molar refractivity (Wildman–Crippen MR) is 144 cm³/mol. The Balaban J connectivity index is 2.09. The molecule has 0 aliphatic rings. The van der Waals surface area contributed by atoms with Gasteiger partial charge in [0.15, 0.2) is 5.75 Å². The summed E-state index contributed by atoms with van der Waals surface area (Å²) in [4.78, 5) is 11.2. The van der Waals surface area contributed by atoms with Gasteiger partial charge in [-0.3, -0.25) is 4.79 Å². The van der Waals surface area contributed by atoms with E-state index in [0.29, 0.717) is 34.7 Å². The topological polar surface area (TPSA) is 90.9 Å². The van der Waals surface area contributed by atoms with E-state index in [1.54, 1.807) is 12.1 Å². The molecule has 1 N–H and O–H groups in total. The molecular formula is C25H32Cl3NO6S. The molecule has 11 heteroatoms. The number of ether oxygens (including phenoxy) is 3. The first-order valence-electron chi connectivity index (χ1n) is 11.3. The fraction of sp³-hybridized carbons (Fsp3) is 0.480. The van der Waals surface area contributed by atoms with Crippen molar-refractivity contribution >= 4 is 50.8 Å². The number of sulfonamides is 1. The average molecular weight is 581 g/mol. The van der Waals surface area contributed by atoms with Crippen LogP contribution < -0.4 is 14.2 Å². The molecule has 2 aromatic carbocycles. The highest BCUT2D eigenvalue weighted by molar-refractivity contribution is 7.88. The number of carbonyl (C=O) groups excluding carboxylic acids is 1. The second kappa shape index (κ2) is 13.2. The van der Waals surface area contributed by atoms with E-state index in [1.807, 2.05) is 31.2 Å². The van der Waals surface area contributed by atoms with E-state index in [1.165, 1.54) is 6.92 Å². The fourth-order valence-electron chi connectivity index (χ4n) is 3.31. The van der Waals surface area contributed by atoms with Gasteiger partial charge in [-0.25, -0.2) is 13.1 Å². The molecule has 36 heavy (non-hydrogen) atoms. The molecule has 2 rings (SSSR count). The maximum Gasteiger partial charge on any atom is 0.303 e. The van der Waals surface area contributed by atoms with Gasteiger partial charge < -0.3 is 14.2 Å². The number of rotatable bonds is 13. The highest BCUT2D eigenvalue weighted by Gasteiger charge is 2.26. The van der Waals surface area contributed by atoms with E-state index in [4.69, 9.17) is 49.0 Å². The van der Waals surface area contributed by atoms with Crippen molar-refractivity contribution in [2.24, 2.45) is 5.92 Å². The highest BCUT2D eigenvalue weighted by Crippen LogP contribution is 2.40. The van der Waals surface area contributed by atoms with Crippen LogP contribution in [0.3, 0.4) is 0 Å². The van der Waals surface area contributed by atoms with E-state index < -0.39 is 27.5 Å². The van der Waals surface area contributed by atoms with Gasteiger partial charge in [0.2, 0.25) is 10.0 Å². The summed E-state index contributed by atoms with van der Waals surface area (Å²) in [6, 6.07) is 11.3. The largest absolute Gasteiger partial charge is 0.493 e. The number of esters is 1. The zero-order valence-corrected chi connectivity index (χ0v) is 24.0. The lowest BCUT2D eigenvalue weighted by molar-refractivity contribution is -0.146. The van der Waals surface area contributed by atoms with Crippen LogP contribution in [0.4, 0.5) is 0 Å². The number of alkyl halides is 1. The van der Waals surface area contributed by atoms with Gasteiger partial charge >= 0.3 is 5.97 Å². The highest BCUT2D eigenvalue weighted by atomic mass is 35.5. The van der Waals surface area contributed by atoms with Crippen LogP contribution in [0.15, 0.2) is 36.4 Å². The molecule has 0 fully saturated rings. The summed E-state index contributed by atoms with van der Waals surface area (Å²) >= 11 is 18.8. The Kier molecular flexibility index (Phi) is 11.2. The van der Waals surface area contributed by atoms with Gasteiger partial charge in [0, 0.05) is 24.8 Å². The minimum Gasteiger partial charge on any atom is -0.493 e. The Bertz CT molecular complexity index is 1120. The van der Waals surface area contributed by atoms with Gasteiger partial charge in [0.25, 0.3) is 0 Å². The maximum atomic E-state index is 11.2. The molecule has 2 atom stereocenters. The van der Waals surface area contributed by atoms with Crippen molar-refractivity contribution in [1.82, 2.24) is 4.72 Å². The SMILES string of the molecule is CC(=O)O[C@@H](CCl)COc1c(Cl)cc(C(C)(C)c2ccc(OC[C@@H](C)CNS(C)(=O)=O)cc2)cc1Cl. The third-order valence-corrected chi connectivity index (χ3v) is 7.04. The van der Waals surface area contributed by atoms with Crippen LogP contribution in [0, 0.1) is 5.92 Å². The molecule has 0 bridgehead atoms. The smallest absolute Gasteiger partial charge is 0.303 e. The molecule has 0 aliphatic carbocycles. The van der Waals surface area contributed by atoms with Crippen LogP contribution in [-0.4, -0.2) is 52.4 Å². The summed E-state index contributed by atoms with van der Waals surface area (Å²) in [6.45, 7) is 8.01. The number of halogens is 3. The van der Waals surface area contributed by atoms with E-state index in [9.17, 15) is 13.2 Å². The first-order valence-corrected chi connectivity index (χ1v) is 14.4. The maximum absolute atomic E-state index is 11.2. The van der Waals surface area contributed by atoms with Crippen molar-refractivity contribution in [2.45, 2.75) is 39.2 Å². The van der Waals surface area contributed by atoms with Crippen LogP contribution in [0.5, 0.6) is 11.5 Å². The summed E-state index contributed by atoms with van der Waals surface area (Å²) in [7, 11) is -3.23. The van der Waals surface area contributed by atoms with E-state index in [0.717, 1.165) is 17.4 Å². The Hall–Kier alpha value is -1.71. The third kappa shape index (κ3) is 9.30. The molecule has 0 aromatic heterocycles. The summed E-state index contributed by atoms with van der Waals surface area (Å²) in [5, 5.41) is 0.664. The molecule has 0 saturated heterocycles. The first-order chi connectivity index (χ1) is 16.7. The zero-order chi connectivity index (χ0) is 27.1. The van der Waals surface area contributed by atoms with Crippen LogP contribution >= 0.6 is 34.8 Å². The monoisotopic (exact) mass is 579 g/mol. The predicted octanol–water partition coefficient (Wildman–Crippen LogP) is 5.43.